The van der Waals surface area contributed by atoms with Crippen LogP contribution < -0.4 is 15.5 Å². The summed E-state index contributed by atoms with van der Waals surface area (Å²) in [5.74, 6) is -0.287. The normalized spacial score (nSPS) is 18.3. The molecule has 0 aromatic heterocycles. The third kappa shape index (κ3) is 3.48. The molecule has 2 aromatic rings. The van der Waals surface area contributed by atoms with E-state index in [4.69, 9.17) is 5.73 Å². The molecule has 1 unspecified atom stereocenters. The van der Waals surface area contributed by atoms with Gasteiger partial charge in [-0.15, -0.1) is 0 Å². The van der Waals surface area contributed by atoms with E-state index in [1.54, 1.807) is 17.0 Å². The second-order valence-corrected chi connectivity index (χ2v) is 8.08. The lowest BCUT2D eigenvalue weighted by Gasteiger charge is -2.39. The van der Waals surface area contributed by atoms with E-state index in [1.165, 1.54) is 12.1 Å². The third-order valence-corrected chi connectivity index (χ3v) is 5.97. The maximum absolute atomic E-state index is 13.1. The van der Waals surface area contributed by atoms with Gasteiger partial charge in [0.25, 0.3) is 5.69 Å². The largest absolute Gasteiger partial charge is 0.384 e. The van der Waals surface area contributed by atoms with Gasteiger partial charge in [-0.25, -0.2) is 0 Å². The Morgan fingerprint density at radius 3 is 2.34 bits per heavy atom. The molecule has 0 saturated heterocycles. The topological polar surface area (TPSA) is 116 Å². The Labute approximate surface area is 186 Å². The summed E-state index contributed by atoms with van der Waals surface area (Å²) in [6.07, 6.45) is 1.73. The van der Waals surface area contributed by atoms with E-state index >= 15 is 0 Å². The molecular formula is C24H23N5O3. The summed E-state index contributed by atoms with van der Waals surface area (Å²) in [5, 5.41) is 21.1. The molecule has 0 spiro atoms. The van der Waals surface area contributed by atoms with Crippen LogP contribution in [0.3, 0.4) is 0 Å². The number of hydrogen-bond acceptors (Lipinski definition) is 7. The summed E-state index contributed by atoms with van der Waals surface area (Å²) in [4.78, 5) is 27.4. The fourth-order valence-corrected chi connectivity index (χ4v) is 4.40. The molecular weight excluding hydrogens is 406 g/mol. The maximum Gasteiger partial charge on any atom is 0.269 e. The number of carbonyl (C=O) groups is 1. The molecule has 0 amide bonds. The van der Waals surface area contributed by atoms with E-state index in [2.05, 4.69) is 6.07 Å². The molecule has 0 fully saturated rings. The zero-order valence-corrected chi connectivity index (χ0v) is 17.9. The molecule has 8 nitrogen and oxygen atoms in total. The molecule has 1 atom stereocenters. The molecule has 1 heterocycles. The maximum atomic E-state index is 13.1. The molecule has 1 aliphatic heterocycles. The number of hydrogen-bond donors (Lipinski definition) is 1. The highest BCUT2D eigenvalue weighted by atomic mass is 16.6. The van der Waals surface area contributed by atoms with Crippen LogP contribution in [0.4, 0.5) is 17.1 Å². The van der Waals surface area contributed by atoms with Gasteiger partial charge in [-0.1, -0.05) is 12.1 Å². The van der Waals surface area contributed by atoms with Gasteiger partial charge >= 0.3 is 0 Å². The van der Waals surface area contributed by atoms with Crippen molar-refractivity contribution >= 4 is 22.8 Å². The molecule has 0 radical (unpaired) electrons. The predicted octanol–water partition coefficient (Wildman–Crippen LogP) is 3.97. The van der Waals surface area contributed by atoms with Crippen molar-refractivity contribution in [3.05, 3.63) is 86.9 Å². The molecule has 1 aliphatic carbocycles. The van der Waals surface area contributed by atoms with Gasteiger partial charge in [0.15, 0.2) is 5.78 Å². The van der Waals surface area contributed by atoms with Crippen molar-refractivity contribution < 1.29 is 9.72 Å². The second kappa shape index (κ2) is 8.19. The van der Waals surface area contributed by atoms with Crippen molar-refractivity contribution in [2.24, 2.45) is 5.73 Å². The number of nitro groups is 1. The Morgan fingerprint density at radius 2 is 1.78 bits per heavy atom. The van der Waals surface area contributed by atoms with Crippen LogP contribution in [0.25, 0.3) is 0 Å². The van der Waals surface area contributed by atoms with Gasteiger partial charge in [0.1, 0.15) is 5.82 Å². The number of anilines is 2. The first-order valence-electron chi connectivity index (χ1n) is 10.3. The number of carbonyl (C=O) groups excluding carboxylic acids is 1. The van der Waals surface area contributed by atoms with Crippen molar-refractivity contribution in [3.63, 3.8) is 0 Å². The van der Waals surface area contributed by atoms with Crippen LogP contribution in [-0.4, -0.2) is 24.8 Å². The van der Waals surface area contributed by atoms with Gasteiger partial charge in [0.2, 0.25) is 0 Å². The molecule has 162 valence electrons. The van der Waals surface area contributed by atoms with E-state index in [0.717, 1.165) is 16.9 Å². The number of allylic oxidation sites excluding steroid dienone is 3. The fourth-order valence-electron chi connectivity index (χ4n) is 4.40. The minimum absolute atomic E-state index is 0.0000905. The summed E-state index contributed by atoms with van der Waals surface area (Å²) < 4.78 is 0. The third-order valence-electron chi connectivity index (χ3n) is 5.97. The Balaban J connectivity index is 1.88. The Morgan fingerprint density at radius 1 is 1.12 bits per heavy atom. The number of rotatable bonds is 4. The number of Topliss-reactive ketones (excluding diaryl/α,β-unsaturated/α-hetero) is 1. The van der Waals surface area contributed by atoms with Gasteiger partial charge in [0, 0.05) is 55.3 Å². The molecule has 8 heteroatoms. The fraction of sp³-hybridized carbons (Fsp3) is 0.250. The highest BCUT2D eigenvalue weighted by Crippen LogP contribution is 2.46. The molecule has 0 saturated carbocycles. The summed E-state index contributed by atoms with van der Waals surface area (Å²) in [7, 11) is 3.89. The average molecular weight is 429 g/mol. The van der Waals surface area contributed by atoms with Crippen molar-refractivity contribution in [2.75, 3.05) is 23.9 Å². The molecule has 32 heavy (non-hydrogen) atoms. The number of benzene rings is 2. The van der Waals surface area contributed by atoms with E-state index in [1.807, 2.05) is 43.3 Å². The van der Waals surface area contributed by atoms with E-state index in [-0.39, 0.29) is 17.3 Å². The van der Waals surface area contributed by atoms with Gasteiger partial charge in [-0.3, -0.25) is 19.8 Å². The van der Waals surface area contributed by atoms with Gasteiger partial charge in [0.05, 0.1) is 22.5 Å². The first-order chi connectivity index (χ1) is 15.3. The number of nitrogens with zero attached hydrogens (tertiary/aromatic N) is 4. The monoisotopic (exact) mass is 429 g/mol. The number of ketones is 1. The lowest BCUT2D eigenvalue weighted by molar-refractivity contribution is -0.384. The van der Waals surface area contributed by atoms with Crippen LogP contribution in [0.1, 0.15) is 30.7 Å². The lowest BCUT2D eigenvalue weighted by atomic mass is 9.75. The van der Waals surface area contributed by atoms with Crippen LogP contribution in [0.15, 0.2) is 71.2 Å². The average Bonchev–Trinajstić information content (AvgIpc) is 2.78. The highest BCUT2D eigenvalue weighted by molar-refractivity contribution is 6.01. The van der Waals surface area contributed by atoms with Crippen LogP contribution in [0.5, 0.6) is 0 Å². The Kier molecular flexibility index (Phi) is 5.41. The second-order valence-electron chi connectivity index (χ2n) is 8.08. The Hall–Kier alpha value is -4.12. The minimum Gasteiger partial charge on any atom is -0.384 e. The SMILES string of the molecule is CN(C)c1ccc(C2C(C#N)=C(N)N(c3ccc([N+](=O)[O-])cc3)C3=C2C(=O)CCC3)cc1. The number of nitrogens with two attached hydrogens (primary N) is 1. The van der Waals surface area contributed by atoms with Crippen molar-refractivity contribution in [1.82, 2.24) is 0 Å². The van der Waals surface area contributed by atoms with Gasteiger partial charge in [-0.05, 0) is 42.7 Å². The summed E-state index contributed by atoms with van der Waals surface area (Å²) in [5.41, 5.74) is 10.5. The van der Waals surface area contributed by atoms with Gasteiger partial charge < -0.3 is 10.6 Å². The first-order valence-corrected chi connectivity index (χ1v) is 10.3. The first kappa shape index (κ1) is 21.1. The van der Waals surface area contributed by atoms with Crippen molar-refractivity contribution in [3.8, 4) is 6.07 Å². The quantitative estimate of drug-likeness (QED) is 0.577. The van der Waals surface area contributed by atoms with Gasteiger partial charge in [-0.2, -0.15) is 5.26 Å². The van der Waals surface area contributed by atoms with Crippen molar-refractivity contribution in [2.45, 2.75) is 25.2 Å². The van der Waals surface area contributed by atoms with Crippen LogP contribution in [0, 0.1) is 21.4 Å². The zero-order chi connectivity index (χ0) is 23.0. The molecule has 2 N–H and O–H groups in total. The van der Waals surface area contributed by atoms with E-state index in [9.17, 15) is 20.2 Å². The lowest BCUT2D eigenvalue weighted by Crippen LogP contribution is -2.38. The van der Waals surface area contributed by atoms with Crippen LogP contribution in [-0.2, 0) is 4.79 Å². The molecule has 2 aliphatic rings. The van der Waals surface area contributed by atoms with Crippen LogP contribution >= 0.6 is 0 Å². The van der Waals surface area contributed by atoms with Crippen molar-refractivity contribution in [1.29, 1.82) is 5.26 Å². The summed E-state index contributed by atoms with van der Waals surface area (Å²) >= 11 is 0. The molecule has 4 rings (SSSR count). The van der Waals surface area contributed by atoms with E-state index < -0.39 is 10.8 Å². The van der Waals surface area contributed by atoms with Crippen LogP contribution in [0.2, 0.25) is 0 Å². The number of nitro benzene ring substituents is 1. The number of nitriles is 1. The smallest absolute Gasteiger partial charge is 0.269 e. The summed E-state index contributed by atoms with van der Waals surface area (Å²) in [6.45, 7) is 0. The zero-order valence-electron chi connectivity index (χ0n) is 17.9. The molecule has 0 bridgehead atoms. The number of non-ortho nitro benzene ring substituents is 1. The van der Waals surface area contributed by atoms with E-state index in [0.29, 0.717) is 36.1 Å². The Bertz CT molecular complexity index is 1190. The molecule has 2 aromatic carbocycles. The summed E-state index contributed by atoms with van der Waals surface area (Å²) in [6, 6.07) is 16.0. The standard InChI is InChI=1S/C24H23N5O3/c1-27(2)16-8-6-15(7-9-16)22-19(14-25)24(26)28(20-4-3-5-21(30)23(20)22)17-10-12-18(13-11-17)29(31)32/h6-13,22H,3-5,26H2,1-2H3. The minimum atomic E-state index is -0.534. The predicted molar refractivity (Wildman–Crippen MR) is 122 cm³/mol. The highest BCUT2D eigenvalue weighted by Gasteiger charge is 2.40.